The molecule has 100 valence electrons. The Morgan fingerprint density at radius 3 is 2.50 bits per heavy atom. The van der Waals surface area contributed by atoms with Crippen LogP contribution in [0.15, 0.2) is 18.2 Å². The maximum Gasteiger partial charge on any atom is 0.137 e. The molecule has 0 saturated carbocycles. The fourth-order valence-electron chi connectivity index (χ4n) is 2.65. The number of hydrogen-bond donors (Lipinski definition) is 1. The molecule has 18 heavy (non-hydrogen) atoms. The van der Waals surface area contributed by atoms with Crippen LogP contribution >= 0.6 is 11.6 Å². The van der Waals surface area contributed by atoms with Crippen molar-refractivity contribution in [2.24, 2.45) is 0 Å². The summed E-state index contributed by atoms with van der Waals surface area (Å²) in [4.78, 5) is 2.36. The van der Waals surface area contributed by atoms with Crippen LogP contribution in [0.2, 0.25) is 5.02 Å². The third-order valence-corrected chi connectivity index (χ3v) is 4.32. The second kappa shape index (κ2) is 5.47. The number of ether oxygens (including phenoxy) is 1. The van der Waals surface area contributed by atoms with Gasteiger partial charge in [0, 0.05) is 5.54 Å². The molecule has 0 bridgehead atoms. The number of piperidine rings is 1. The van der Waals surface area contributed by atoms with Gasteiger partial charge in [0.05, 0.1) is 12.1 Å². The quantitative estimate of drug-likeness (QED) is 0.912. The van der Waals surface area contributed by atoms with E-state index in [4.69, 9.17) is 16.3 Å². The first kappa shape index (κ1) is 13.7. The molecule has 0 atom stereocenters. The molecule has 0 radical (unpaired) electrons. The average Bonchev–Trinajstić information content (AvgIpc) is 2.40. The normalized spacial score (nSPS) is 19.8. The number of nitrogens with zero attached hydrogens (tertiary/aromatic N) is 1. The van der Waals surface area contributed by atoms with Crippen molar-refractivity contribution in [1.29, 1.82) is 0 Å². The monoisotopic (exact) mass is 268 g/mol. The van der Waals surface area contributed by atoms with Gasteiger partial charge in [0.15, 0.2) is 0 Å². The molecule has 1 heterocycles. The van der Waals surface area contributed by atoms with Gasteiger partial charge in [0.1, 0.15) is 5.75 Å². The van der Waals surface area contributed by atoms with Crippen LogP contribution in [0.3, 0.4) is 0 Å². The van der Waals surface area contributed by atoms with E-state index in [1.807, 2.05) is 19.2 Å². The van der Waals surface area contributed by atoms with E-state index in [0.29, 0.717) is 5.02 Å². The average molecular weight is 269 g/mol. The standard InChI is InChI=1S/C14H21ClN2O/c1-16-14(6-8-17(2)9-7-14)11-4-5-13(18-3)12(15)10-11/h4-5,10,16H,6-9H2,1-3H3. The van der Waals surface area contributed by atoms with Crippen molar-refractivity contribution in [3.8, 4) is 5.75 Å². The lowest BCUT2D eigenvalue weighted by atomic mass is 9.81. The molecule has 1 aliphatic rings. The summed E-state index contributed by atoms with van der Waals surface area (Å²) in [5.41, 5.74) is 1.30. The van der Waals surface area contributed by atoms with Gasteiger partial charge in [-0.1, -0.05) is 17.7 Å². The van der Waals surface area contributed by atoms with Crippen LogP contribution in [-0.2, 0) is 5.54 Å². The Hall–Kier alpha value is -0.770. The summed E-state index contributed by atoms with van der Waals surface area (Å²) in [5, 5.41) is 4.18. The Morgan fingerprint density at radius 1 is 1.33 bits per heavy atom. The van der Waals surface area contributed by atoms with Crippen molar-refractivity contribution in [3.05, 3.63) is 28.8 Å². The molecule has 0 amide bonds. The molecule has 2 rings (SSSR count). The van der Waals surface area contributed by atoms with Crippen LogP contribution in [-0.4, -0.2) is 39.2 Å². The maximum atomic E-state index is 6.23. The molecule has 1 N–H and O–H groups in total. The maximum absolute atomic E-state index is 6.23. The van der Waals surface area contributed by atoms with Crippen molar-refractivity contribution in [1.82, 2.24) is 10.2 Å². The summed E-state index contributed by atoms with van der Waals surface area (Å²) < 4.78 is 5.21. The highest BCUT2D eigenvalue weighted by Crippen LogP contribution is 2.36. The van der Waals surface area contributed by atoms with Gasteiger partial charge in [-0.25, -0.2) is 0 Å². The molecule has 4 heteroatoms. The van der Waals surface area contributed by atoms with Crippen molar-refractivity contribution >= 4 is 11.6 Å². The Bertz CT molecular complexity index is 414. The lowest BCUT2D eigenvalue weighted by molar-refractivity contribution is 0.164. The lowest BCUT2D eigenvalue weighted by Gasteiger charge is -2.41. The molecule has 3 nitrogen and oxygen atoms in total. The third kappa shape index (κ3) is 2.48. The van der Waals surface area contributed by atoms with E-state index in [1.54, 1.807) is 7.11 Å². The Morgan fingerprint density at radius 2 is 2.00 bits per heavy atom. The van der Waals surface area contributed by atoms with Gasteiger partial charge >= 0.3 is 0 Å². The highest BCUT2D eigenvalue weighted by molar-refractivity contribution is 6.32. The van der Waals surface area contributed by atoms with Gasteiger partial charge in [-0.2, -0.15) is 0 Å². The summed E-state index contributed by atoms with van der Waals surface area (Å²) in [5.74, 6) is 0.736. The first-order chi connectivity index (χ1) is 8.61. The number of hydrogen-bond acceptors (Lipinski definition) is 3. The molecule has 1 aliphatic heterocycles. The highest BCUT2D eigenvalue weighted by atomic mass is 35.5. The summed E-state index contributed by atoms with van der Waals surface area (Å²) in [6, 6.07) is 6.10. The summed E-state index contributed by atoms with van der Waals surface area (Å²) in [6.07, 6.45) is 2.20. The van der Waals surface area contributed by atoms with Gasteiger partial charge in [-0.3, -0.25) is 0 Å². The molecule has 0 aliphatic carbocycles. The molecule has 1 aromatic rings. The van der Waals surface area contributed by atoms with Crippen LogP contribution in [0, 0.1) is 0 Å². The molecule has 1 aromatic carbocycles. The number of likely N-dealkylation sites (tertiary alicyclic amines) is 1. The van der Waals surface area contributed by atoms with Gasteiger partial charge in [0.2, 0.25) is 0 Å². The topological polar surface area (TPSA) is 24.5 Å². The third-order valence-electron chi connectivity index (χ3n) is 4.02. The molecule has 0 spiro atoms. The van der Waals surface area contributed by atoms with Gasteiger partial charge in [0.25, 0.3) is 0 Å². The van der Waals surface area contributed by atoms with Gasteiger partial charge < -0.3 is 15.0 Å². The van der Waals surface area contributed by atoms with Crippen LogP contribution in [0.4, 0.5) is 0 Å². The van der Waals surface area contributed by atoms with Gasteiger partial charge in [-0.15, -0.1) is 0 Å². The van der Waals surface area contributed by atoms with E-state index in [2.05, 4.69) is 23.3 Å². The number of nitrogens with one attached hydrogen (secondary N) is 1. The highest BCUT2D eigenvalue weighted by Gasteiger charge is 2.34. The SMILES string of the molecule is CNC1(c2ccc(OC)c(Cl)c2)CCN(C)CC1. The van der Waals surface area contributed by atoms with Crippen molar-refractivity contribution in [2.45, 2.75) is 18.4 Å². The van der Waals surface area contributed by atoms with Gasteiger partial charge in [-0.05, 0) is 57.7 Å². The summed E-state index contributed by atoms with van der Waals surface area (Å²) >= 11 is 6.23. The first-order valence-corrected chi connectivity index (χ1v) is 6.70. The van der Waals surface area contributed by atoms with Crippen molar-refractivity contribution in [2.75, 3.05) is 34.3 Å². The predicted octanol–water partition coefficient (Wildman–Crippen LogP) is 2.49. The van der Waals surface area contributed by atoms with E-state index >= 15 is 0 Å². The van der Waals surface area contributed by atoms with Crippen LogP contribution < -0.4 is 10.1 Å². The minimum Gasteiger partial charge on any atom is -0.495 e. The second-order valence-corrected chi connectivity index (χ2v) is 5.39. The minimum atomic E-state index is 0.0441. The first-order valence-electron chi connectivity index (χ1n) is 6.33. The lowest BCUT2D eigenvalue weighted by Crippen LogP contribution is -2.48. The van der Waals surface area contributed by atoms with Crippen LogP contribution in [0.1, 0.15) is 18.4 Å². The summed E-state index contributed by atoms with van der Waals surface area (Å²) in [7, 11) is 5.84. The molecular formula is C14H21ClN2O. The Balaban J connectivity index is 2.30. The van der Waals surface area contributed by atoms with E-state index in [-0.39, 0.29) is 5.54 Å². The molecule has 0 unspecified atom stereocenters. The Labute approximate surface area is 114 Å². The van der Waals surface area contributed by atoms with Crippen molar-refractivity contribution < 1.29 is 4.74 Å². The van der Waals surface area contributed by atoms with E-state index in [9.17, 15) is 0 Å². The predicted molar refractivity (Wildman–Crippen MR) is 75.5 cm³/mol. The fourth-order valence-corrected chi connectivity index (χ4v) is 2.91. The van der Waals surface area contributed by atoms with E-state index < -0.39 is 0 Å². The molecule has 1 saturated heterocycles. The smallest absolute Gasteiger partial charge is 0.137 e. The Kier molecular flexibility index (Phi) is 4.15. The second-order valence-electron chi connectivity index (χ2n) is 4.98. The zero-order valence-electron chi connectivity index (χ0n) is 11.3. The zero-order chi connectivity index (χ0) is 13.2. The number of benzene rings is 1. The van der Waals surface area contributed by atoms with E-state index in [0.717, 1.165) is 31.7 Å². The van der Waals surface area contributed by atoms with E-state index in [1.165, 1.54) is 5.56 Å². The van der Waals surface area contributed by atoms with Crippen molar-refractivity contribution in [3.63, 3.8) is 0 Å². The molecule has 0 aromatic heterocycles. The largest absolute Gasteiger partial charge is 0.495 e. The van der Waals surface area contributed by atoms with Crippen LogP contribution in [0.5, 0.6) is 5.75 Å². The summed E-state index contributed by atoms with van der Waals surface area (Å²) in [6.45, 7) is 2.20. The minimum absolute atomic E-state index is 0.0441. The number of methoxy groups -OCH3 is 1. The molecule has 1 fully saturated rings. The fraction of sp³-hybridized carbons (Fsp3) is 0.571. The molecular weight excluding hydrogens is 248 g/mol. The zero-order valence-corrected chi connectivity index (χ0v) is 12.0. The number of halogens is 1. The van der Waals surface area contributed by atoms with Crippen LogP contribution in [0.25, 0.3) is 0 Å². The number of rotatable bonds is 3.